The number of hydrogen-bond donors (Lipinski definition) is 1. The van der Waals surface area contributed by atoms with E-state index >= 15 is 0 Å². The zero-order valence-electron chi connectivity index (χ0n) is 13.9. The third kappa shape index (κ3) is 4.91. The Kier molecular flexibility index (Phi) is 6.32. The minimum Gasteiger partial charge on any atom is -0.352 e. The van der Waals surface area contributed by atoms with E-state index in [-0.39, 0.29) is 24.1 Å². The fraction of sp³-hybridized carbons (Fsp3) is 0.500. The third-order valence-corrected chi connectivity index (χ3v) is 3.94. The Bertz CT molecular complexity index is 709. The number of unbranched alkanes of at least 4 members (excludes halogenated alkanes) is 3. The average molecular weight is 315 g/mol. The predicted octanol–water partition coefficient (Wildman–Crippen LogP) is 2.87. The van der Waals surface area contributed by atoms with Crippen LogP contribution in [0.1, 0.15) is 46.0 Å². The highest BCUT2D eigenvalue weighted by atomic mass is 16.2. The Hall–Kier alpha value is -2.17. The van der Waals surface area contributed by atoms with Crippen LogP contribution >= 0.6 is 0 Å². The number of para-hydroxylation sites is 1. The number of nitrogens with zero attached hydrogens (tertiary/aromatic N) is 2. The van der Waals surface area contributed by atoms with Gasteiger partial charge in [0.15, 0.2) is 0 Å². The molecule has 0 aliphatic carbocycles. The topological polar surface area (TPSA) is 64.0 Å². The maximum atomic E-state index is 12.3. The van der Waals surface area contributed by atoms with Gasteiger partial charge >= 0.3 is 0 Å². The third-order valence-electron chi connectivity index (χ3n) is 3.94. The second-order valence-electron chi connectivity index (χ2n) is 6.01. The van der Waals surface area contributed by atoms with E-state index in [9.17, 15) is 9.59 Å². The first kappa shape index (κ1) is 17.2. The molecule has 1 amide bonds. The van der Waals surface area contributed by atoms with Crippen LogP contribution in [-0.4, -0.2) is 21.5 Å². The van der Waals surface area contributed by atoms with Gasteiger partial charge in [-0.15, -0.1) is 0 Å². The summed E-state index contributed by atoms with van der Waals surface area (Å²) >= 11 is 0. The maximum Gasteiger partial charge on any atom is 0.261 e. The van der Waals surface area contributed by atoms with Crippen LogP contribution in [0.4, 0.5) is 0 Å². The molecule has 23 heavy (non-hydrogen) atoms. The fourth-order valence-electron chi connectivity index (χ4n) is 2.64. The van der Waals surface area contributed by atoms with Crippen molar-refractivity contribution in [3.8, 4) is 0 Å². The second kappa shape index (κ2) is 8.46. The molecule has 0 aliphatic heterocycles. The van der Waals surface area contributed by atoms with Crippen LogP contribution in [0.2, 0.25) is 0 Å². The molecule has 1 unspecified atom stereocenters. The van der Waals surface area contributed by atoms with Crippen molar-refractivity contribution in [2.45, 2.75) is 58.5 Å². The monoisotopic (exact) mass is 315 g/mol. The highest BCUT2D eigenvalue weighted by Crippen LogP contribution is 2.06. The minimum atomic E-state index is -0.179. The zero-order valence-corrected chi connectivity index (χ0v) is 13.9. The molecule has 0 bridgehead atoms. The van der Waals surface area contributed by atoms with Crippen molar-refractivity contribution in [2.75, 3.05) is 0 Å². The van der Waals surface area contributed by atoms with Crippen LogP contribution in [0.5, 0.6) is 0 Å². The Balaban J connectivity index is 1.93. The van der Waals surface area contributed by atoms with E-state index in [0.717, 1.165) is 12.8 Å². The highest BCUT2D eigenvalue weighted by molar-refractivity contribution is 5.78. The summed E-state index contributed by atoms with van der Waals surface area (Å²) in [5.74, 6) is -0.146. The fourth-order valence-corrected chi connectivity index (χ4v) is 2.64. The lowest BCUT2D eigenvalue weighted by molar-refractivity contribution is -0.122. The van der Waals surface area contributed by atoms with E-state index in [1.165, 1.54) is 30.2 Å². The van der Waals surface area contributed by atoms with E-state index < -0.39 is 0 Å². The summed E-state index contributed by atoms with van der Waals surface area (Å²) in [6.45, 7) is 4.20. The van der Waals surface area contributed by atoms with Crippen molar-refractivity contribution >= 4 is 16.8 Å². The van der Waals surface area contributed by atoms with E-state index in [0.29, 0.717) is 10.9 Å². The van der Waals surface area contributed by atoms with Crippen molar-refractivity contribution in [2.24, 2.45) is 0 Å². The van der Waals surface area contributed by atoms with Gasteiger partial charge in [0.1, 0.15) is 6.54 Å². The minimum absolute atomic E-state index is 0.00989. The molecule has 5 heteroatoms. The molecule has 0 spiro atoms. The van der Waals surface area contributed by atoms with Crippen LogP contribution in [0.3, 0.4) is 0 Å². The van der Waals surface area contributed by atoms with Crippen LogP contribution in [0.25, 0.3) is 10.9 Å². The summed E-state index contributed by atoms with van der Waals surface area (Å²) in [6.07, 6.45) is 7.17. The van der Waals surface area contributed by atoms with Gasteiger partial charge in [0, 0.05) is 6.04 Å². The van der Waals surface area contributed by atoms with Gasteiger partial charge < -0.3 is 5.32 Å². The van der Waals surface area contributed by atoms with Crippen LogP contribution in [0.15, 0.2) is 35.4 Å². The Morgan fingerprint density at radius 2 is 2.04 bits per heavy atom. The number of nitrogens with one attached hydrogen (secondary N) is 1. The molecule has 1 aromatic carbocycles. The standard InChI is InChI=1S/C18H25N3O2/c1-3-4-5-6-9-14(2)20-17(22)12-21-13-19-16-11-8-7-10-15(16)18(21)23/h7-8,10-11,13-14H,3-6,9,12H2,1-2H3,(H,20,22). The Labute approximate surface area is 136 Å². The number of carbonyl (C=O) groups excluding carboxylic acids is 1. The molecular weight excluding hydrogens is 290 g/mol. The molecule has 0 saturated carbocycles. The quantitative estimate of drug-likeness (QED) is 0.762. The summed E-state index contributed by atoms with van der Waals surface area (Å²) in [5, 5.41) is 3.49. The highest BCUT2D eigenvalue weighted by Gasteiger charge is 2.10. The second-order valence-corrected chi connectivity index (χ2v) is 6.01. The Morgan fingerprint density at radius 1 is 1.26 bits per heavy atom. The largest absolute Gasteiger partial charge is 0.352 e. The van der Waals surface area contributed by atoms with E-state index in [1.54, 1.807) is 18.2 Å². The predicted molar refractivity (Wildman–Crippen MR) is 92.4 cm³/mol. The molecule has 0 radical (unpaired) electrons. The first-order chi connectivity index (χ1) is 11.1. The summed E-state index contributed by atoms with van der Waals surface area (Å²) in [5.41, 5.74) is 0.472. The summed E-state index contributed by atoms with van der Waals surface area (Å²) in [7, 11) is 0. The van der Waals surface area contributed by atoms with Crippen molar-refractivity contribution in [1.82, 2.24) is 14.9 Å². The first-order valence-electron chi connectivity index (χ1n) is 8.35. The molecule has 0 fully saturated rings. The molecule has 2 aromatic rings. The molecule has 1 aromatic heterocycles. The normalized spacial score (nSPS) is 12.3. The summed E-state index contributed by atoms with van der Waals surface area (Å²) < 4.78 is 1.36. The SMILES string of the molecule is CCCCCCC(C)NC(=O)Cn1cnc2ccccc2c1=O. The smallest absolute Gasteiger partial charge is 0.261 e. The molecule has 124 valence electrons. The molecule has 5 nitrogen and oxygen atoms in total. The van der Waals surface area contributed by atoms with E-state index in [2.05, 4.69) is 17.2 Å². The van der Waals surface area contributed by atoms with Crippen LogP contribution in [0, 0.1) is 0 Å². The van der Waals surface area contributed by atoms with Gasteiger partial charge in [0.05, 0.1) is 17.2 Å². The van der Waals surface area contributed by atoms with Gasteiger partial charge in [-0.3, -0.25) is 14.2 Å². The van der Waals surface area contributed by atoms with Gasteiger partial charge in [-0.2, -0.15) is 0 Å². The average Bonchev–Trinajstić information content (AvgIpc) is 2.54. The van der Waals surface area contributed by atoms with Gasteiger partial charge in [0.2, 0.25) is 5.91 Å². The van der Waals surface area contributed by atoms with Gasteiger partial charge in [-0.25, -0.2) is 4.98 Å². The number of benzene rings is 1. The number of carbonyl (C=O) groups is 1. The number of hydrogen-bond acceptors (Lipinski definition) is 3. The number of rotatable bonds is 8. The molecule has 0 saturated heterocycles. The number of aromatic nitrogens is 2. The first-order valence-corrected chi connectivity index (χ1v) is 8.35. The molecule has 1 N–H and O–H groups in total. The molecule has 1 atom stereocenters. The molecule has 2 rings (SSSR count). The van der Waals surface area contributed by atoms with Crippen molar-refractivity contribution in [3.63, 3.8) is 0 Å². The summed E-state index contributed by atoms with van der Waals surface area (Å²) in [4.78, 5) is 28.7. The van der Waals surface area contributed by atoms with E-state index in [1.807, 2.05) is 13.0 Å². The zero-order chi connectivity index (χ0) is 16.7. The number of amides is 1. The lowest BCUT2D eigenvalue weighted by Crippen LogP contribution is -2.37. The van der Waals surface area contributed by atoms with Gasteiger partial charge in [-0.05, 0) is 25.5 Å². The Morgan fingerprint density at radius 3 is 2.83 bits per heavy atom. The molecule has 1 heterocycles. The maximum absolute atomic E-state index is 12.3. The summed E-state index contributed by atoms with van der Waals surface area (Å²) in [6, 6.07) is 7.29. The van der Waals surface area contributed by atoms with Crippen molar-refractivity contribution in [3.05, 3.63) is 40.9 Å². The molecular formula is C18H25N3O2. The van der Waals surface area contributed by atoms with Crippen LogP contribution in [-0.2, 0) is 11.3 Å². The van der Waals surface area contributed by atoms with Gasteiger partial charge in [-0.1, -0.05) is 44.7 Å². The molecule has 0 aliphatic rings. The van der Waals surface area contributed by atoms with Crippen molar-refractivity contribution in [1.29, 1.82) is 0 Å². The lowest BCUT2D eigenvalue weighted by atomic mass is 10.1. The van der Waals surface area contributed by atoms with E-state index in [4.69, 9.17) is 0 Å². The lowest BCUT2D eigenvalue weighted by Gasteiger charge is -2.14. The van der Waals surface area contributed by atoms with Crippen LogP contribution < -0.4 is 10.9 Å². The number of fused-ring (bicyclic) bond motifs is 1. The van der Waals surface area contributed by atoms with Gasteiger partial charge in [0.25, 0.3) is 5.56 Å². The van der Waals surface area contributed by atoms with Crippen molar-refractivity contribution < 1.29 is 4.79 Å².